The number of allylic oxidation sites excluding steroid dienone is 1. The lowest BCUT2D eigenvalue weighted by Gasteiger charge is -2.08. The Labute approximate surface area is 145 Å². The van der Waals surface area contributed by atoms with Gasteiger partial charge < -0.3 is 10.1 Å². The van der Waals surface area contributed by atoms with Crippen molar-refractivity contribution in [1.82, 2.24) is 10.3 Å². The third-order valence-corrected chi connectivity index (χ3v) is 4.48. The minimum atomic E-state index is -0.211. The number of para-hydroxylation sites is 1. The smallest absolute Gasteiger partial charge is 0.257 e. The molecule has 2 aromatic rings. The maximum Gasteiger partial charge on any atom is 0.257 e. The van der Waals surface area contributed by atoms with Gasteiger partial charge in [0.1, 0.15) is 16.8 Å². The van der Waals surface area contributed by atoms with Crippen LogP contribution < -0.4 is 10.1 Å². The fourth-order valence-electron chi connectivity index (χ4n) is 2.12. The molecule has 0 unspecified atom stereocenters. The van der Waals surface area contributed by atoms with E-state index >= 15 is 0 Å². The summed E-state index contributed by atoms with van der Waals surface area (Å²) in [5.41, 5.74) is 2.24. The summed E-state index contributed by atoms with van der Waals surface area (Å²) in [5, 5.41) is 12.7. The lowest BCUT2D eigenvalue weighted by molar-refractivity contribution is -0.122. The predicted molar refractivity (Wildman–Crippen MR) is 95.7 cm³/mol. The summed E-state index contributed by atoms with van der Waals surface area (Å²) in [6.07, 6.45) is 2.59. The second-order valence-electron chi connectivity index (χ2n) is 5.04. The largest absolute Gasteiger partial charge is 0.483 e. The van der Waals surface area contributed by atoms with Gasteiger partial charge in [0.05, 0.1) is 11.3 Å². The Bertz CT molecular complexity index is 803. The number of nitrogens with zero attached hydrogens (tertiary/aromatic N) is 2. The highest BCUT2D eigenvalue weighted by atomic mass is 32.1. The van der Waals surface area contributed by atoms with Crippen LogP contribution in [-0.4, -0.2) is 24.5 Å². The quantitative estimate of drug-likeness (QED) is 0.819. The Hall–Kier alpha value is -2.65. The number of likely N-dealkylation sites (N-methyl/N-ethyl adjacent to an activating group) is 1. The fourth-order valence-corrected chi connectivity index (χ4v) is 3.08. The molecular formula is C18H19N3O2S. The van der Waals surface area contributed by atoms with Crippen molar-refractivity contribution in [2.75, 3.05) is 13.7 Å². The monoisotopic (exact) mass is 341 g/mol. The van der Waals surface area contributed by atoms with Gasteiger partial charge in [-0.1, -0.05) is 25.1 Å². The Morgan fingerprint density at radius 2 is 2.21 bits per heavy atom. The minimum Gasteiger partial charge on any atom is -0.483 e. The van der Waals surface area contributed by atoms with E-state index in [1.54, 1.807) is 19.2 Å². The van der Waals surface area contributed by atoms with Crippen molar-refractivity contribution in [2.24, 2.45) is 0 Å². The van der Waals surface area contributed by atoms with Gasteiger partial charge in [0, 0.05) is 17.5 Å². The standard InChI is InChI=1S/C18H19N3O2S/c1-4-15-12(2)24-18(21-15)14(10-19)9-13-7-5-6-8-16(13)23-11-17(22)20-3/h5-9H,4,11H2,1-3H3,(H,20,22)/b14-9+. The van der Waals surface area contributed by atoms with Crippen molar-refractivity contribution in [3.05, 3.63) is 45.4 Å². The zero-order valence-electron chi connectivity index (χ0n) is 13.9. The summed E-state index contributed by atoms with van der Waals surface area (Å²) in [4.78, 5) is 17.0. The molecule has 0 fully saturated rings. The summed E-state index contributed by atoms with van der Waals surface area (Å²) in [7, 11) is 1.56. The average molecular weight is 341 g/mol. The molecule has 0 aliphatic rings. The highest BCUT2D eigenvalue weighted by molar-refractivity contribution is 7.12. The van der Waals surface area contributed by atoms with Crippen molar-refractivity contribution >= 4 is 28.9 Å². The number of aryl methyl sites for hydroxylation is 2. The third kappa shape index (κ3) is 4.21. The number of hydrogen-bond acceptors (Lipinski definition) is 5. The molecule has 0 aliphatic heterocycles. The van der Waals surface area contributed by atoms with Gasteiger partial charge in [-0.25, -0.2) is 4.98 Å². The molecule has 0 bridgehead atoms. The normalized spacial score (nSPS) is 11.0. The number of carbonyl (C=O) groups is 1. The van der Waals surface area contributed by atoms with Crippen molar-refractivity contribution in [3.8, 4) is 11.8 Å². The summed E-state index contributed by atoms with van der Waals surface area (Å²) >= 11 is 1.51. The number of nitrogens with one attached hydrogen (secondary N) is 1. The topological polar surface area (TPSA) is 75.0 Å². The Kier molecular flexibility index (Phi) is 6.10. The number of amides is 1. The molecule has 1 N–H and O–H groups in total. The summed E-state index contributed by atoms with van der Waals surface area (Å²) in [5.74, 6) is 0.343. The number of nitriles is 1. The van der Waals surface area contributed by atoms with Crippen LogP contribution >= 0.6 is 11.3 Å². The molecule has 0 saturated carbocycles. The Balaban J connectivity index is 2.34. The third-order valence-electron chi connectivity index (χ3n) is 3.43. The zero-order valence-corrected chi connectivity index (χ0v) is 14.7. The first-order valence-corrected chi connectivity index (χ1v) is 8.41. The molecule has 124 valence electrons. The van der Waals surface area contributed by atoms with Crippen molar-refractivity contribution in [1.29, 1.82) is 5.26 Å². The number of benzene rings is 1. The number of carbonyl (C=O) groups excluding carboxylic acids is 1. The molecule has 2 rings (SSSR count). The van der Waals surface area contributed by atoms with E-state index < -0.39 is 0 Å². The predicted octanol–water partition coefficient (Wildman–Crippen LogP) is 3.20. The Morgan fingerprint density at radius 3 is 2.83 bits per heavy atom. The van der Waals surface area contributed by atoms with Gasteiger partial charge >= 0.3 is 0 Å². The van der Waals surface area contributed by atoms with Crippen LogP contribution in [0.4, 0.5) is 0 Å². The van der Waals surface area contributed by atoms with E-state index in [2.05, 4.69) is 16.4 Å². The number of hydrogen-bond donors (Lipinski definition) is 1. The van der Waals surface area contributed by atoms with Gasteiger partial charge in [-0.15, -0.1) is 11.3 Å². The zero-order chi connectivity index (χ0) is 17.5. The van der Waals surface area contributed by atoms with Crippen LogP contribution in [0.3, 0.4) is 0 Å². The number of thiazole rings is 1. The second kappa shape index (κ2) is 8.27. The second-order valence-corrected chi connectivity index (χ2v) is 6.25. The first kappa shape index (κ1) is 17.7. The number of rotatable bonds is 6. The van der Waals surface area contributed by atoms with Crippen molar-refractivity contribution in [3.63, 3.8) is 0 Å². The molecule has 5 nitrogen and oxygen atoms in total. The van der Waals surface area contributed by atoms with Crippen LogP contribution in [0.25, 0.3) is 11.6 Å². The van der Waals surface area contributed by atoms with Gasteiger partial charge in [-0.05, 0) is 25.5 Å². The van der Waals surface area contributed by atoms with E-state index in [4.69, 9.17) is 4.74 Å². The molecule has 6 heteroatoms. The van der Waals surface area contributed by atoms with Crippen LogP contribution in [0.5, 0.6) is 5.75 Å². The van der Waals surface area contributed by atoms with Crippen LogP contribution in [0.2, 0.25) is 0 Å². The molecule has 1 aromatic carbocycles. The average Bonchev–Trinajstić information content (AvgIpc) is 2.98. The van der Waals surface area contributed by atoms with Crippen molar-refractivity contribution < 1.29 is 9.53 Å². The molecule has 1 aromatic heterocycles. The van der Waals surface area contributed by atoms with Gasteiger partial charge in [-0.3, -0.25) is 4.79 Å². The molecule has 0 saturated heterocycles. The molecule has 0 radical (unpaired) electrons. The van der Waals surface area contributed by atoms with Crippen LogP contribution in [-0.2, 0) is 11.2 Å². The molecule has 0 spiro atoms. The van der Waals surface area contributed by atoms with Crippen LogP contribution in [0, 0.1) is 18.3 Å². The van der Waals surface area contributed by atoms with Crippen LogP contribution in [0.1, 0.15) is 28.1 Å². The van der Waals surface area contributed by atoms with Crippen LogP contribution in [0.15, 0.2) is 24.3 Å². The van der Waals surface area contributed by atoms with Gasteiger partial charge in [0.15, 0.2) is 6.61 Å². The molecule has 1 heterocycles. The highest BCUT2D eigenvalue weighted by Gasteiger charge is 2.12. The summed E-state index contributed by atoms with van der Waals surface area (Å²) in [6, 6.07) is 9.51. The molecular weight excluding hydrogens is 322 g/mol. The number of ether oxygens (including phenoxy) is 1. The fraction of sp³-hybridized carbons (Fsp3) is 0.278. The number of aromatic nitrogens is 1. The first-order valence-electron chi connectivity index (χ1n) is 7.59. The maximum absolute atomic E-state index is 11.4. The SMILES string of the molecule is CCc1nc(/C(C#N)=C/c2ccccc2OCC(=O)NC)sc1C. The minimum absolute atomic E-state index is 0.0699. The molecule has 0 atom stereocenters. The van der Waals surface area contributed by atoms with E-state index in [0.717, 1.165) is 22.6 Å². The highest BCUT2D eigenvalue weighted by Crippen LogP contribution is 2.28. The molecule has 0 aliphatic carbocycles. The summed E-state index contributed by atoms with van der Waals surface area (Å²) in [6.45, 7) is 3.98. The van der Waals surface area contributed by atoms with E-state index in [9.17, 15) is 10.1 Å². The van der Waals surface area contributed by atoms with E-state index in [0.29, 0.717) is 16.3 Å². The first-order chi connectivity index (χ1) is 11.6. The van der Waals surface area contributed by atoms with Gasteiger partial charge in [0.25, 0.3) is 5.91 Å². The van der Waals surface area contributed by atoms with E-state index in [-0.39, 0.29) is 12.5 Å². The van der Waals surface area contributed by atoms with Gasteiger partial charge in [0.2, 0.25) is 0 Å². The lowest BCUT2D eigenvalue weighted by Crippen LogP contribution is -2.24. The summed E-state index contributed by atoms with van der Waals surface area (Å²) < 4.78 is 5.54. The van der Waals surface area contributed by atoms with Crippen molar-refractivity contribution in [2.45, 2.75) is 20.3 Å². The van der Waals surface area contributed by atoms with E-state index in [1.807, 2.05) is 32.0 Å². The lowest BCUT2D eigenvalue weighted by atomic mass is 10.1. The molecule has 24 heavy (non-hydrogen) atoms. The Morgan fingerprint density at radius 1 is 1.46 bits per heavy atom. The van der Waals surface area contributed by atoms with E-state index in [1.165, 1.54) is 11.3 Å². The maximum atomic E-state index is 11.4. The molecule has 1 amide bonds. The van der Waals surface area contributed by atoms with Gasteiger partial charge in [-0.2, -0.15) is 5.26 Å².